The van der Waals surface area contributed by atoms with Crippen LogP contribution in [0.5, 0.6) is 0 Å². The number of furan rings is 1. The van der Waals surface area contributed by atoms with Crippen molar-refractivity contribution >= 4 is 44.2 Å². The molecule has 1 saturated heterocycles. The van der Waals surface area contributed by atoms with Gasteiger partial charge < -0.3 is 4.42 Å². The second kappa shape index (κ2) is 7.21. The number of ketones is 2. The van der Waals surface area contributed by atoms with E-state index in [2.05, 4.69) is 4.98 Å². The first kappa shape index (κ1) is 19.3. The van der Waals surface area contributed by atoms with Crippen LogP contribution < -0.4 is 4.90 Å². The lowest BCUT2D eigenvalue weighted by atomic mass is 9.88. The number of amides is 1. The van der Waals surface area contributed by atoms with Crippen molar-refractivity contribution in [3.8, 4) is 0 Å². The fourth-order valence-electron chi connectivity index (χ4n) is 3.73. The summed E-state index contributed by atoms with van der Waals surface area (Å²) in [5.74, 6) is -5.16. The molecule has 6 nitrogen and oxygen atoms in total. The summed E-state index contributed by atoms with van der Waals surface area (Å²) in [5, 5.41) is 0.114. The van der Waals surface area contributed by atoms with Crippen molar-refractivity contribution in [3.63, 3.8) is 0 Å². The molecule has 2 aromatic heterocycles. The summed E-state index contributed by atoms with van der Waals surface area (Å²) in [6.07, 6.45) is 1.28. The van der Waals surface area contributed by atoms with Gasteiger partial charge in [-0.05, 0) is 48.0 Å². The molecular weight excluding hydrogens is 426 g/mol. The molecule has 2 unspecified atom stereocenters. The SMILES string of the molecule is O=C1C(=O)N(c2nc3ccc(F)cc3s2)C(c2cccc(F)c2)C1C(=O)c1ccco1. The fraction of sp³-hybridized carbons (Fsp3) is 0.0909. The molecule has 3 heterocycles. The number of nitrogens with zero attached hydrogens (tertiary/aromatic N) is 2. The van der Waals surface area contributed by atoms with Gasteiger partial charge in [0.15, 0.2) is 10.9 Å². The number of carbonyl (C=O) groups is 3. The van der Waals surface area contributed by atoms with Crippen molar-refractivity contribution in [2.24, 2.45) is 5.92 Å². The minimum absolute atomic E-state index is 0.0826. The van der Waals surface area contributed by atoms with Crippen molar-refractivity contribution in [3.05, 3.63) is 83.8 Å². The number of benzene rings is 2. The summed E-state index contributed by atoms with van der Waals surface area (Å²) in [4.78, 5) is 44.4. The Hall–Kier alpha value is -3.72. The van der Waals surface area contributed by atoms with Gasteiger partial charge in [0, 0.05) is 0 Å². The highest BCUT2D eigenvalue weighted by Gasteiger charge is 2.54. The highest BCUT2D eigenvalue weighted by Crippen LogP contribution is 2.43. The molecule has 0 bridgehead atoms. The number of anilines is 1. The van der Waals surface area contributed by atoms with Crippen molar-refractivity contribution in [2.75, 3.05) is 4.90 Å². The van der Waals surface area contributed by atoms with E-state index in [9.17, 15) is 23.2 Å². The van der Waals surface area contributed by atoms with Crippen LogP contribution in [0.2, 0.25) is 0 Å². The van der Waals surface area contributed by atoms with Gasteiger partial charge in [-0.25, -0.2) is 13.8 Å². The molecule has 2 aromatic carbocycles. The molecule has 1 aliphatic rings. The summed E-state index contributed by atoms with van der Waals surface area (Å²) in [6.45, 7) is 0. The van der Waals surface area contributed by atoms with Gasteiger partial charge in [0.1, 0.15) is 17.6 Å². The highest BCUT2D eigenvalue weighted by atomic mass is 32.1. The maximum atomic E-state index is 14.0. The number of rotatable bonds is 4. The summed E-state index contributed by atoms with van der Waals surface area (Å²) in [5.41, 5.74) is 0.690. The van der Waals surface area contributed by atoms with Crippen LogP contribution in [-0.2, 0) is 9.59 Å². The summed E-state index contributed by atoms with van der Waals surface area (Å²) in [6, 6.07) is 11.1. The van der Waals surface area contributed by atoms with Gasteiger partial charge >= 0.3 is 0 Å². The summed E-state index contributed by atoms with van der Waals surface area (Å²) >= 11 is 1.00. The predicted octanol–water partition coefficient (Wildman–Crippen LogP) is 4.32. The second-order valence-corrected chi connectivity index (χ2v) is 7.98. The van der Waals surface area contributed by atoms with Gasteiger partial charge in [0.25, 0.3) is 5.91 Å². The van der Waals surface area contributed by atoms with E-state index in [0.717, 1.165) is 16.2 Å². The van der Waals surface area contributed by atoms with Gasteiger partial charge in [-0.15, -0.1) is 0 Å². The monoisotopic (exact) mass is 438 g/mol. The number of carbonyl (C=O) groups excluding carboxylic acids is 3. The van der Waals surface area contributed by atoms with Crippen LogP contribution in [0.4, 0.5) is 13.9 Å². The minimum Gasteiger partial charge on any atom is -0.461 e. The van der Waals surface area contributed by atoms with E-state index in [1.54, 1.807) is 0 Å². The van der Waals surface area contributed by atoms with E-state index in [0.29, 0.717) is 10.2 Å². The molecule has 154 valence electrons. The van der Waals surface area contributed by atoms with E-state index >= 15 is 0 Å². The first-order chi connectivity index (χ1) is 14.9. The number of thiazole rings is 1. The van der Waals surface area contributed by atoms with E-state index in [-0.39, 0.29) is 16.5 Å². The average molecular weight is 438 g/mol. The molecule has 0 radical (unpaired) electrons. The van der Waals surface area contributed by atoms with Crippen LogP contribution in [0.25, 0.3) is 10.2 Å². The van der Waals surface area contributed by atoms with Crippen molar-refractivity contribution in [1.29, 1.82) is 0 Å². The molecule has 0 saturated carbocycles. The molecule has 31 heavy (non-hydrogen) atoms. The molecule has 9 heteroatoms. The molecule has 4 aromatic rings. The second-order valence-electron chi connectivity index (χ2n) is 6.97. The van der Waals surface area contributed by atoms with E-state index in [4.69, 9.17) is 4.42 Å². The van der Waals surface area contributed by atoms with Crippen molar-refractivity contribution in [2.45, 2.75) is 6.04 Å². The normalized spacial score (nSPS) is 18.8. The Morgan fingerprint density at radius 2 is 1.84 bits per heavy atom. The number of Topliss-reactive ketones (excluding diaryl/α,β-unsaturated/α-hetero) is 2. The summed E-state index contributed by atoms with van der Waals surface area (Å²) in [7, 11) is 0. The molecular formula is C22H12F2N2O4S. The fourth-order valence-corrected chi connectivity index (χ4v) is 4.76. The minimum atomic E-state index is -1.44. The maximum Gasteiger partial charge on any atom is 0.297 e. The molecule has 1 amide bonds. The maximum absolute atomic E-state index is 14.0. The first-order valence-corrected chi connectivity index (χ1v) is 10.0. The first-order valence-electron chi connectivity index (χ1n) is 9.21. The largest absolute Gasteiger partial charge is 0.461 e. The van der Waals surface area contributed by atoms with E-state index in [1.165, 1.54) is 60.9 Å². The Morgan fingerprint density at radius 1 is 1.03 bits per heavy atom. The quantitative estimate of drug-likeness (QED) is 0.269. The Kier molecular flexibility index (Phi) is 4.48. The lowest BCUT2D eigenvalue weighted by Gasteiger charge is -2.24. The number of halogens is 2. The number of fused-ring (bicyclic) bond motifs is 1. The third-order valence-electron chi connectivity index (χ3n) is 5.09. The Balaban J connectivity index is 1.68. The van der Waals surface area contributed by atoms with Gasteiger partial charge in [-0.3, -0.25) is 19.3 Å². The van der Waals surface area contributed by atoms with Gasteiger partial charge in [-0.2, -0.15) is 0 Å². The molecule has 0 N–H and O–H groups in total. The van der Waals surface area contributed by atoms with Crippen molar-refractivity contribution < 1.29 is 27.6 Å². The number of hydrogen-bond donors (Lipinski definition) is 0. The van der Waals surface area contributed by atoms with E-state index in [1.807, 2.05) is 0 Å². The lowest BCUT2D eigenvalue weighted by Crippen LogP contribution is -2.30. The smallest absolute Gasteiger partial charge is 0.297 e. The zero-order valence-corrected chi connectivity index (χ0v) is 16.4. The molecule has 5 rings (SSSR count). The Labute approximate surface area is 177 Å². The molecule has 0 aliphatic carbocycles. The molecule has 1 fully saturated rings. The third-order valence-corrected chi connectivity index (χ3v) is 6.11. The van der Waals surface area contributed by atoms with Crippen LogP contribution in [0.15, 0.2) is 65.3 Å². The highest BCUT2D eigenvalue weighted by molar-refractivity contribution is 7.22. The lowest BCUT2D eigenvalue weighted by molar-refractivity contribution is -0.135. The molecule has 1 aliphatic heterocycles. The number of aromatic nitrogens is 1. The standard InChI is InChI=1S/C22H12F2N2O4S/c23-12-4-1-3-11(9-12)18-17(19(27)15-5-2-8-30-15)20(28)21(29)26(18)22-25-14-7-6-13(24)10-16(14)31-22/h1-10,17-18H. The van der Waals surface area contributed by atoms with Crippen molar-refractivity contribution in [1.82, 2.24) is 4.98 Å². The van der Waals surface area contributed by atoms with Crippen LogP contribution in [0, 0.1) is 17.6 Å². The topological polar surface area (TPSA) is 80.5 Å². The third kappa shape index (κ3) is 3.14. The van der Waals surface area contributed by atoms with Gasteiger partial charge in [0.05, 0.1) is 22.5 Å². The van der Waals surface area contributed by atoms with Crippen LogP contribution in [0.1, 0.15) is 22.2 Å². The van der Waals surface area contributed by atoms with Crippen LogP contribution in [-0.4, -0.2) is 22.5 Å². The number of hydrogen-bond acceptors (Lipinski definition) is 6. The van der Waals surface area contributed by atoms with Crippen LogP contribution >= 0.6 is 11.3 Å². The molecule has 2 atom stereocenters. The zero-order valence-electron chi connectivity index (χ0n) is 15.6. The summed E-state index contributed by atoms with van der Waals surface area (Å²) < 4.78 is 33.2. The molecule has 0 spiro atoms. The zero-order chi connectivity index (χ0) is 21.7. The van der Waals surface area contributed by atoms with Gasteiger partial charge in [0.2, 0.25) is 11.6 Å². The Morgan fingerprint density at radius 3 is 2.58 bits per heavy atom. The van der Waals surface area contributed by atoms with E-state index < -0.39 is 41.1 Å². The predicted molar refractivity (Wildman–Crippen MR) is 108 cm³/mol. The van der Waals surface area contributed by atoms with Crippen LogP contribution in [0.3, 0.4) is 0 Å². The van der Waals surface area contributed by atoms with Gasteiger partial charge in [-0.1, -0.05) is 23.5 Å². The Bertz CT molecular complexity index is 1350. The average Bonchev–Trinajstić information content (AvgIpc) is 3.46.